The fraction of sp³-hybridized carbons (Fsp3) is 0.452. The molecule has 0 spiro atoms. The minimum Gasteiger partial charge on any atom is -0.463 e. The van der Waals surface area contributed by atoms with Crippen molar-refractivity contribution in [3.8, 4) is 17.1 Å². The van der Waals surface area contributed by atoms with E-state index in [1.165, 1.54) is 18.2 Å². The van der Waals surface area contributed by atoms with Gasteiger partial charge in [-0.1, -0.05) is 11.6 Å². The molecule has 0 bridgehead atoms. The molecule has 232 valence electrons. The van der Waals surface area contributed by atoms with Crippen molar-refractivity contribution in [2.75, 3.05) is 69.7 Å². The number of aromatic nitrogens is 3. The summed E-state index contributed by atoms with van der Waals surface area (Å²) in [6, 6.07) is 5.20. The Hall–Kier alpha value is -3.45. The molecule has 13 heteroatoms. The second-order valence-electron chi connectivity index (χ2n) is 12.1. The van der Waals surface area contributed by atoms with Crippen molar-refractivity contribution in [2.24, 2.45) is 5.41 Å². The zero-order valence-electron chi connectivity index (χ0n) is 24.3. The van der Waals surface area contributed by atoms with Gasteiger partial charge in [0.05, 0.1) is 30.4 Å². The van der Waals surface area contributed by atoms with Gasteiger partial charge in [-0.15, -0.1) is 0 Å². The van der Waals surface area contributed by atoms with E-state index in [2.05, 4.69) is 27.1 Å². The molecular weight excluding hydrogens is 595 g/mol. The van der Waals surface area contributed by atoms with E-state index in [9.17, 15) is 4.39 Å². The summed E-state index contributed by atoms with van der Waals surface area (Å²) in [5, 5.41) is 3.67. The average Bonchev–Trinajstić information content (AvgIpc) is 3.77. The first kappa shape index (κ1) is 29.3. The molecule has 7 rings (SSSR count). The number of piperazine rings is 1. The third-order valence-electron chi connectivity index (χ3n) is 8.79. The summed E-state index contributed by atoms with van der Waals surface area (Å²) in [6.45, 7) is 8.46. The monoisotopic (exact) mass is 627 g/mol. The Morgan fingerprint density at radius 1 is 1.02 bits per heavy atom. The van der Waals surface area contributed by atoms with Gasteiger partial charge in [-0.2, -0.15) is 9.97 Å². The second-order valence-corrected chi connectivity index (χ2v) is 12.5. The molecule has 9 nitrogen and oxygen atoms in total. The summed E-state index contributed by atoms with van der Waals surface area (Å²) >= 11 is 6.71. The van der Waals surface area contributed by atoms with Crippen molar-refractivity contribution >= 4 is 45.0 Å². The van der Waals surface area contributed by atoms with Gasteiger partial charge in [0, 0.05) is 78.7 Å². The molecule has 0 amide bonds. The summed E-state index contributed by atoms with van der Waals surface area (Å²) in [6.07, 6.45) is 2.03. The molecule has 3 fully saturated rings. The quantitative estimate of drug-likeness (QED) is 0.300. The van der Waals surface area contributed by atoms with Crippen LogP contribution in [0.15, 0.2) is 24.3 Å². The lowest BCUT2D eigenvalue weighted by atomic mass is 9.98. The predicted molar refractivity (Wildman–Crippen MR) is 164 cm³/mol. The third kappa shape index (κ3) is 5.48. The third-order valence-corrected chi connectivity index (χ3v) is 9.09. The Kier molecular flexibility index (Phi) is 7.64. The highest BCUT2D eigenvalue weighted by Crippen LogP contribution is 2.47. The highest BCUT2D eigenvalue weighted by Gasteiger charge is 2.45. The summed E-state index contributed by atoms with van der Waals surface area (Å²) in [7, 11) is 0. The molecule has 1 atom stereocenters. The van der Waals surface area contributed by atoms with Crippen molar-refractivity contribution in [1.29, 1.82) is 0 Å². The Balaban J connectivity index is 1.34. The van der Waals surface area contributed by atoms with Crippen molar-refractivity contribution in [3.05, 3.63) is 46.7 Å². The van der Waals surface area contributed by atoms with E-state index in [-0.39, 0.29) is 55.9 Å². The van der Waals surface area contributed by atoms with Crippen molar-refractivity contribution < 1.29 is 22.6 Å². The van der Waals surface area contributed by atoms with Gasteiger partial charge in [0.1, 0.15) is 28.8 Å². The van der Waals surface area contributed by atoms with Gasteiger partial charge in [-0.05, 0) is 38.0 Å². The minimum absolute atomic E-state index is 0.0108. The van der Waals surface area contributed by atoms with E-state index in [0.29, 0.717) is 56.7 Å². The first-order chi connectivity index (χ1) is 21.2. The summed E-state index contributed by atoms with van der Waals surface area (Å²) in [5.41, 5.74) is 5.06. The zero-order chi connectivity index (χ0) is 30.6. The van der Waals surface area contributed by atoms with Crippen molar-refractivity contribution in [1.82, 2.24) is 25.2 Å². The maximum Gasteiger partial charge on any atom is 0.319 e. The number of morpholine rings is 1. The smallest absolute Gasteiger partial charge is 0.319 e. The Bertz CT molecular complexity index is 1750. The number of nitrogens with one attached hydrogen (secondary N) is 1. The van der Waals surface area contributed by atoms with Crippen LogP contribution in [0.5, 0.6) is 6.01 Å². The second kappa shape index (κ2) is 11.5. The molecule has 4 heterocycles. The van der Waals surface area contributed by atoms with Crippen LogP contribution in [-0.2, 0) is 4.74 Å². The minimum atomic E-state index is -1.02. The number of nitrogen functional groups attached to an aromatic ring is 1. The number of ether oxygens (including phenoxy) is 2. The van der Waals surface area contributed by atoms with Gasteiger partial charge >= 0.3 is 6.01 Å². The number of hydrogen-bond donors (Lipinski definition) is 2. The Morgan fingerprint density at radius 2 is 1.82 bits per heavy atom. The molecule has 3 aliphatic rings. The normalized spacial score (nSPS) is 20.4. The molecule has 2 aromatic heterocycles. The molecule has 1 saturated carbocycles. The fourth-order valence-electron chi connectivity index (χ4n) is 6.27. The highest BCUT2D eigenvalue weighted by atomic mass is 35.5. The number of rotatable bonds is 7. The van der Waals surface area contributed by atoms with Gasteiger partial charge in [-0.3, -0.25) is 4.90 Å². The number of halogens is 4. The van der Waals surface area contributed by atoms with Crippen LogP contribution < -0.4 is 20.7 Å². The molecule has 2 aliphatic heterocycles. The largest absolute Gasteiger partial charge is 0.463 e. The lowest BCUT2D eigenvalue weighted by Crippen LogP contribution is -2.49. The van der Waals surface area contributed by atoms with Crippen LogP contribution in [-0.4, -0.2) is 85.0 Å². The van der Waals surface area contributed by atoms with E-state index in [1.807, 2.05) is 4.90 Å². The van der Waals surface area contributed by atoms with Crippen LogP contribution >= 0.6 is 11.6 Å². The van der Waals surface area contributed by atoms with E-state index in [0.717, 1.165) is 32.5 Å². The van der Waals surface area contributed by atoms with Gasteiger partial charge in [0.15, 0.2) is 5.82 Å². The molecule has 0 unspecified atom stereocenters. The summed E-state index contributed by atoms with van der Waals surface area (Å²) < 4.78 is 58.6. The van der Waals surface area contributed by atoms with Gasteiger partial charge in [-0.25, -0.2) is 18.2 Å². The Morgan fingerprint density at radius 3 is 2.57 bits per heavy atom. The SMILES string of the molecule is C[C@@H]1CN(c2nc(OCC3(CN4CCOCC4)CC3)nc3c(F)c(-c4c(F)cc(F)c5ccc(N)nc45)c(Cl)cc23)CCN1. The van der Waals surface area contributed by atoms with Crippen molar-refractivity contribution in [3.63, 3.8) is 0 Å². The predicted octanol–water partition coefficient (Wildman–Crippen LogP) is 4.79. The first-order valence-electron chi connectivity index (χ1n) is 14.9. The lowest BCUT2D eigenvalue weighted by Gasteiger charge is -2.33. The number of nitrogens with zero attached hydrogens (tertiary/aromatic N) is 5. The van der Waals surface area contributed by atoms with Gasteiger partial charge in [0.2, 0.25) is 0 Å². The maximum absolute atomic E-state index is 16.7. The topological polar surface area (TPSA) is 102 Å². The van der Waals surface area contributed by atoms with Crippen LogP contribution in [0.2, 0.25) is 5.02 Å². The van der Waals surface area contributed by atoms with E-state index >= 15 is 8.78 Å². The zero-order valence-corrected chi connectivity index (χ0v) is 25.1. The molecule has 0 radical (unpaired) electrons. The number of pyridine rings is 1. The van der Waals surface area contributed by atoms with E-state index in [4.69, 9.17) is 31.8 Å². The molecule has 2 saturated heterocycles. The van der Waals surface area contributed by atoms with Crippen LogP contribution in [0.1, 0.15) is 19.8 Å². The first-order valence-corrected chi connectivity index (χ1v) is 15.2. The molecule has 44 heavy (non-hydrogen) atoms. The summed E-state index contributed by atoms with van der Waals surface area (Å²) in [5.74, 6) is -2.23. The molecule has 2 aromatic carbocycles. The molecular formula is C31H33ClF3N7O2. The maximum atomic E-state index is 16.7. The number of hydrogen-bond acceptors (Lipinski definition) is 9. The van der Waals surface area contributed by atoms with Gasteiger partial charge in [0.25, 0.3) is 0 Å². The van der Waals surface area contributed by atoms with Crippen LogP contribution in [0.25, 0.3) is 32.9 Å². The molecule has 3 N–H and O–H groups in total. The van der Waals surface area contributed by atoms with Crippen LogP contribution in [0.4, 0.5) is 24.8 Å². The fourth-order valence-corrected chi connectivity index (χ4v) is 6.55. The number of fused-ring (bicyclic) bond motifs is 2. The van der Waals surface area contributed by atoms with Crippen LogP contribution in [0.3, 0.4) is 0 Å². The van der Waals surface area contributed by atoms with E-state index in [1.54, 1.807) is 0 Å². The van der Waals surface area contributed by atoms with E-state index < -0.39 is 17.5 Å². The summed E-state index contributed by atoms with van der Waals surface area (Å²) in [4.78, 5) is 17.9. The van der Waals surface area contributed by atoms with Crippen LogP contribution in [0, 0.1) is 22.9 Å². The average molecular weight is 628 g/mol. The highest BCUT2D eigenvalue weighted by molar-refractivity contribution is 6.35. The number of benzene rings is 2. The number of nitrogens with two attached hydrogens (primary N) is 1. The van der Waals surface area contributed by atoms with Crippen molar-refractivity contribution in [2.45, 2.75) is 25.8 Å². The standard InChI is InChI=1S/C31H33ClF3N7O2/c1-17-14-42(7-6-37-17)29-19-12-20(32)24(25-22(34)13-21(33)18-2-3-23(36)38-27(18)25)26(35)28(19)39-30(40-29)44-16-31(4-5-31)15-41-8-10-43-11-9-41/h2-3,12-13,17,37H,4-11,14-16H2,1H3,(H2,36,38)/t17-/m1/s1. The Labute approximate surface area is 257 Å². The molecule has 1 aliphatic carbocycles. The van der Waals surface area contributed by atoms with Gasteiger partial charge < -0.3 is 25.4 Å². The molecule has 4 aromatic rings. The lowest BCUT2D eigenvalue weighted by molar-refractivity contribution is 0.0231. The number of anilines is 2.